The molecule has 1 N–H and O–H groups in total. The van der Waals surface area contributed by atoms with Crippen molar-refractivity contribution in [1.82, 2.24) is 4.90 Å². The molecule has 0 spiro atoms. The summed E-state index contributed by atoms with van der Waals surface area (Å²) in [6, 6.07) is -0.248. The Labute approximate surface area is 97.6 Å². The molecule has 0 bridgehead atoms. The fraction of sp³-hybridized carbons (Fsp3) is 0.833. The minimum Gasteiger partial charge on any atom is -0.481 e. The number of Topliss-reactive ketones (excluding diaryl/α,β-unsaturated/α-hetero) is 1. The number of hydrogen-bond donors (Lipinski definition) is 1. The summed E-state index contributed by atoms with van der Waals surface area (Å²) in [5.74, 6) is -1.24. The number of carboxylic acids is 1. The Morgan fingerprint density at radius 1 is 1.25 bits per heavy atom. The van der Waals surface area contributed by atoms with E-state index in [4.69, 9.17) is 5.11 Å². The van der Waals surface area contributed by atoms with Gasteiger partial charge in [0.25, 0.3) is 0 Å². The first-order valence-electron chi connectivity index (χ1n) is 5.57. The fourth-order valence-electron chi connectivity index (χ4n) is 1.61. The van der Waals surface area contributed by atoms with Crippen LogP contribution in [0.2, 0.25) is 0 Å². The SMILES string of the molecule is CC(=O)C(C)N(CC(C)C(=O)O)C(C)(C)C. The molecular formula is C12H23NO3. The van der Waals surface area contributed by atoms with Crippen molar-refractivity contribution in [2.75, 3.05) is 6.54 Å². The second-order valence-corrected chi connectivity index (χ2v) is 5.35. The smallest absolute Gasteiger partial charge is 0.307 e. The lowest BCUT2D eigenvalue weighted by Crippen LogP contribution is -2.52. The van der Waals surface area contributed by atoms with E-state index in [-0.39, 0.29) is 17.4 Å². The van der Waals surface area contributed by atoms with Crippen LogP contribution in [0.25, 0.3) is 0 Å². The van der Waals surface area contributed by atoms with E-state index in [1.165, 1.54) is 6.92 Å². The second-order valence-electron chi connectivity index (χ2n) is 5.35. The van der Waals surface area contributed by atoms with Crippen LogP contribution in [0.4, 0.5) is 0 Å². The first-order valence-corrected chi connectivity index (χ1v) is 5.57. The lowest BCUT2D eigenvalue weighted by Gasteiger charge is -2.40. The van der Waals surface area contributed by atoms with E-state index in [1.807, 2.05) is 32.6 Å². The average molecular weight is 229 g/mol. The van der Waals surface area contributed by atoms with Crippen LogP contribution in [-0.2, 0) is 9.59 Å². The minimum absolute atomic E-state index is 0.0625. The first-order chi connectivity index (χ1) is 7.07. The second kappa shape index (κ2) is 5.43. The number of carbonyl (C=O) groups is 2. The number of rotatable bonds is 5. The predicted molar refractivity (Wildman–Crippen MR) is 63.4 cm³/mol. The molecule has 0 rings (SSSR count). The molecule has 0 fully saturated rings. The van der Waals surface area contributed by atoms with Gasteiger partial charge >= 0.3 is 5.97 Å². The topological polar surface area (TPSA) is 57.6 Å². The van der Waals surface area contributed by atoms with E-state index >= 15 is 0 Å². The number of carbonyl (C=O) groups excluding carboxylic acids is 1. The van der Waals surface area contributed by atoms with E-state index in [0.717, 1.165) is 0 Å². The van der Waals surface area contributed by atoms with Crippen LogP contribution >= 0.6 is 0 Å². The maximum atomic E-state index is 11.4. The van der Waals surface area contributed by atoms with Crippen LogP contribution in [-0.4, -0.2) is 39.9 Å². The van der Waals surface area contributed by atoms with Crippen molar-refractivity contribution in [2.24, 2.45) is 5.92 Å². The predicted octanol–water partition coefficient (Wildman–Crippen LogP) is 1.79. The Bertz CT molecular complexity index is 268. The molecule has 0 aromatic carbocycles. The van der Waals surface area contributed by atoms with Crippen LogP contribution in [0.1, 0.15) is 41.5 Å². The Morgan fingerprint density at radius 2 is 1.69 bits per heavy atom. The molecule has 0 saturated heterocycles. The van der Waals surface area contributed by atoms with Crippen LogP contribution < -0.4 is 0 Å². The third kappa shape index (κ3) is 4.31. The van der Waals surface area contributed by atoms with Gasteiger partial charge in [-0.2, -0.15) is 0 Å². The van der Waals surface area contributed by atoms with Gasteiger partial charge in [-0.15, -0.1) is 0 Å². The van der Waals surface area contributed by atoms with Crippen molar-refractivity contribution in [3.05, 3.63) is 0 Å². The molecule has 94 valence electrons. The normalized spacial score (nSPS) is 15.9. The Kier molecular flexibility index (Phi) is 5.13. The van der Waals surface area contributed by atoms with E-state index in [9.17, 15) is 9.59 Å². The third-order valence-electron chi connectivity index (χ3n) is 2.81. The summed E-state index contributed by atoms with van der Waals surface area (Å²) in [5, 5.41) is 8.91. The largest absolute Gasteiger partial charge is 0.481 e. The van der Waals surface area contributed by atoms with Gasteiger partial charge in [0.15, 0.2) is 0 Å². The highest BCUT2D eigenvalue weighted by atomic mass is 16.4. The Hall–Kier alpha value is -0.900. The van der Waals surface area contributed by atoms with Gasteiger partial charge in [-0.25, -0.2) is 0 Å². The maximum absolute atomic E-state index is 11.4. The molecule has 4 nitrogen and oxygen atoms in total. The summed E-state index contributed by atoms with van der Waals surface area (Å²) < 4.78 is 0. The zero-order valence-corrected chi connectivity index (χ0v) is 11.1. The Morgan fingerprint density at radius 3 is 1.94 bits per heavy atom. The monoisotopic (exact) mass is 229 g/mol. The summed E-state index contributed by atoms with van der Waals surface area (Å²) in [6.45, 7) is 11.4. The number of hydrogen-bond acceptors (Lipinski definition) is 3. The zero-order valence-electron chi connectivity index (χ0n) is 11.1. The Balaban J connectivity index is 4.83. The average Bonchev–Trinajstić information content (AvgIpc) is 2.10. The molecule has 0 aliphatic heterocycles. The molecule has 0 aliphatic rings. The summed E-state index contributed by atoms with van der Waals surface area (Å²) in [6.07, 6.45) is 0. The van der Waals surface area contributed by atoms with Gasteiger partial charge in [0.05, 0.1) is 12.0 Å². The van der Waals surface area contributed by atoms with Gasteiger partial charge in [0.1, 0.15) is 5.78 Å². The third-order valence-corrected chi connectivity index (χ3v) is 2.81. The molecule has 0 amide bonds. The van der Waals surface area contributed by atoms with Gasteiger partial charge in [0.2, 0.25) is 0 Å². The first kappa shape index (κ1) is 15.1. The molecule has 0 aliphatic carbocycles. The number of nitrogens with zero attached hydrogens (tertiary/aromatic N) is 1. The van der Waals surface area contributed by atoms with E-state index in [2.05, 4.69) is 0 Å². The lowest BCUT2D eigenvalue weighted by molar-refractivity contribution is -0.143. The van der Waals surface area contributed by atoms with Crippen LogP contribution in [0.5, 0.6) is 0 Å². The summed E-state index contributed by atoms with van der Waals surface area (Å²) in [4.78, 5) is 24.2. The van der Waals surface area contributed by atoms with Gasteiger partial charge in [0, 0.05) is 12.1 Å². The van der Waals surface area contributed by atoms with Gasteiger partial charge in [-0.3, -0.25) is 14.5 Å². The van der Waals surface area contributed by atoms with Crippen molar-refractivity contribution >= 4 is 11.8 Å². The maximum Gasteiger partial charge on any atom is 0.307 e. The number of ketones is 1. The minimum atomic E-state index is -0.829. The van der Waals surface area contributed by atoms with Crippen LogP contribution in [0.15, 0.2) is 0 Å². The van der Waals surface area contributed by atoms with Crippen molar-refractivity contribution in [3.8, 4) is 0 Å². The molecule has 0 saturated carbocycles. The van der Waals surface area contributed by atoms with E-state index < -0.39 is 11.9 Å². The summed E-state index contributed by atoms with van der Waals surface area (Å²) in [7, 11) is 0. The molecule has 16 heavy (non-hydrogen) atoms. The van der Waals surface area contributed by atoms with Gasteiger partial charge in [-0.1, -0.05) is 6.92 Å². The summed E-state index contributed by atoms with van der Waals surface area (Å²) >= 11 is 0. The zero-order chi connectivity index (χ0) is 13.1. The van der Waals surface area contributed by atoms with E-state index in [1.54, 1.807) is 6.92 Å². The van der Waals surface area contributed by atoms with Crippen molar-refractivity contribution in [2.45, 2.75) is 53.1 Å². The van der Waals surface area contributed by atoms with Crippen LogP contribution in [0, 0.1) is 5.92 Å². The molecule has 2 atom stereocenters. The lowest BCUT2D eigenvalue weighted by atomic mass is 9.99. The van der Waals surface area contributed by atoms with E-state index in [0.29, 0.717) is 6.54 Å². The molecule has 2 unspecified atom stereocenters. The van der Waals surface area contributed by atoms with Gasteiger partial charge in [-0.05, 0) is 34.6 Å². The highest BCUT2D eigenvalue weighted by Gasteiger charge is 2.31. The molecule has 0 aromatic rings. The molecule has 0 radical (unpaired) electrons. The highest BCUT2D eigenvalue weighted by molar-refractivity contribution is 5.81. The standard InChI is InChI=1S/C12H23NO3/c1-8(11(15)16)7-13(12(4,5)6)9(2)10(3)14/h8-9H,7H2,1-6H3,(H,15,16). The van der Waals surface area contributed by atoms with Crippen LogP contribution in [0.3, 0.4) is 0 Å². The molecule has 0 aromatic heterocycles. The summed E-state index contributed by atoms with van der Waals surface area (Å²) in [5.41, 5.74) is -0.213. The quantitative estimate of drug-likeness (QED) is 0.780. The number of carboxylic acid groups (broad SMARTS) is 1. The molecular weight excluding hydrogens is 206 g/mol. The molecule has 4 heteroatoms. The van der Waals surface area contributed by atoms with Crippen molar-refractivity contribution in [3.63, 3.8) is 0 Å². The highest BCUT2D eigenvalue weighted by Crippen LogP contribution is 2.19. The van der Waals surface area contributed by atoms with Crippen molar-refractivity contribution < 1.29 is 14.7 Å². The van der Waals surface area contributed by atoms with Gasteiger partial charge < -0.3 is 5.11 Å². The fourth-order valence-corrected chi connectivity index (χ4v) is 1.61. The number of aliphatic carboxylic acids is 1. The van der Waals surface area contributed by atoms with Crippen molar-refractivity contribution in [1.29, 1.82) is 0 Å². The molecule has 0 heterocycles.